The van der Waals surface area contributed by atoms with E-state index in [1.807, 2.05) is 35.2 Å². The number of nitrogens with zero attached hydrogens (tertiary/aromatic N) is 4. The molecule has 1 aromatic heterocycles. The van der Waals surface area contributed by atoms with Crippen LogP contribution in [-0.2, 0) is 4.79 Å². The van der Waals surface area contributed by atoms with Crippen molar-refractivity contribution in [1.82, 2.24) is 20.0 Å². The lowest BCUT2D eigenvalue weighted by molar-refractivity contribution is -0.130. The van der Waals surface area contributed by atoms with Crippen LogP contribution in [0.4, 0.5) is 5.13 Å². The molecule has 2 aromatic rings. The first kappa shape index (κ1) is 19.5. The van der Waals surface area contributed by atoms with Crippen LogP contribution in [0, 0.1) is 0 Å². The first-order valence-electron chi connectivity index (χ1n) is 9.67. The van der Waals surface area contributed by atoms with Crippen LogP contribution in [-0.4, -0.2) is 77.0 Å². The Hall–Kier alpha value is -1.84. The normalized spacial score (nSPS) is 17.5. The van der Waals surface area contributed by atoms with Gasteiger partial charge in [0.15, 0.2) is 4.34 Å². The maximum atomic E-state index is 12.5. The van der Waals surface area contributed by atoms with E-state index < -0.39 is 0 Å². The third-order valence-electron chi connectivity index (χ3n) is 4.77. The number of anilines is 1. The molecule has 1 aliphatic carbocycles. The Bertz CT molecular complexity index is 761. The zero-order valence-electron chi connectivity index (χ0n) is 15.7. The molecule has 1 saturated carbocycles. The monoisotopic (exact) mass is 419 g/mol. The Morgan fingerprint density at radius 1 is 1.18 bits per heavy atom. The van der Waals surface area contributed by atoms with Gasteiger partial charge in [0.25, 0.3) is 0 Å². The Labute approximate surface area is 173 Å². The van der Waals surface area contributed by atoms with Gasteiger partial charge in [0.2, 0.25) is 11.0 Å². The molecule has 4 rings (SSSR count). The number of amides is 1. The second-order valence-corrected chi connectivity index (χ2v) is 9.16. The summed E-state index contributed by atoms with van der Waals surface area (Å²) in [5, 5.41) is 12.5. The van der Waals surface area contributed by atoms with Crippen molar-refractivity contribution in [3.05, 3.63) is 30.3 Å². The van der Waals surface area contributed by atoms with E-state index in [9.17, 15) is 4.79 Å². The lowest BCUT2D eigenvalue weighted by Crippen LogP contribution is -2.50. The highest BCUT2D eigenvalue weighted by molar-refractivity contribution is 8.01. The van der Waals surface area contributed by atoms with Crippen molar-refractivity contribution in [3.8, 4) is 5.75 Å². The minimum Gasteiger partial charge on any atom is -0.492 e. The Balaban J connectivity index is 1.12. The molecule has 2 heterocycles. The van der Waals surface area contributed by atoms with Gasteiger partial charge in [0, 0.05) is 38.8 Å². The Kier molecular flexibility index (Phi) is 6.66. The summed E-state index contributed by atoms with van der Waals surface area (Å²) in [5.41, 5.74) is 0. The number of piperazine rings is 1. The summed E-state index contributed by atoms with van der Waals surface area (Å²) < 4.78 is 6.61. The van der Waals surface area contributed by atoms with Crippen molar-refractivity contribution in [1.29, 1.82) is 0 Å². The molecule has 1 aromatic carbocycles. The van der Waals surface area contributed by atoms with Gasteiger partial charge in [-0.25, -0.2) is 0 Å². The molecule has 2 aliphatic rings. The quantitative estimate of drug-likeness (QED) is 0.626. The van der Waals surface area contributed by atoms with Gasteiger partial charge in [0.05, 0.1) is 5.75 Å². The van der Waals surface area contributed by atoms with Crippen LogP contribution in [0.5, 0.6) is 5.75 Å². The molecular weight excluding hydrogens is 394 g/mol. The molecule has 9 heteroatoms. The van der Waals surface area contributed by atoms with Crippen molar-refractivity contribution in [2.24, 2.45) is 0 Å². The van der Waals surface area contributed by atoms with Gasteiger partial charge in [-0.2, -0.15) is 0 Å². The molecule has 28 heavy (non-hydrogen) atoms. The van der Waals surface area contributed by atoms with Crippen LogP contribution >= 0.6 is 23.1 Å². The number of aromatic nitrogens is 2. The van der Waals surface area contributed by atoms with Crippen LogP contribution in [0.3, 0.4) is 0 Å². The van der Waals surface area contributed by atoms with Gasteiger partial charge in [-0.05, 0) is 25.0 Å². The number of para-hydroxylation sites is 1. The Morgan fingerprint density at radius 2 is 1.96 bits per heavy atom. The molecule has 0 unspecified atom stereocenters. The molecule has 0 atom stereocenters. The van der Waals surface area contributed by atoms with E-state index in [1.165, 1.54) is 35.9 Å². The van der Waals surface area contributed by atoms with E-state index >= 15 is 0 Å². The van der Waals surface area contributed by atoms with Crippen LogP contribution in [0.1, 0.15) is 12.8 Å². The second-order valence-electron chi connectivity index (χ2n) is 6.96. The third-order valence-corrected chi connectivity index (χ3v) is 6.75. The highest BCUT2D eigenvalue weighted by Gasteiger charge is 2.23. The standard InChI is InChI=1S/C19H25N5O2S2/c25-17(14-27-19-22-21-18(28-19)20-15-6-7-15)24-10-8-23(9-11-24)12-13-26-16-4-2-1-3-5-16/h1-5,15H,6-14H2,(H,20,21). The maximum absolute atomic E-state index is 12.5. The number of hydrogen-bond acceptors (Lipinski definition) is 8. The number of rotatable bonds is 9. The summed E-state index contributed by atoms with van der Waals surface area (Å²) in [6, 6.07) is 10.4. The van der Waals surface area contributed by atoms with Crippen molar-refractivity contribution in [2.75, 3.05) is 50.4 Å². The fraction of sp³-hybridized carbons (Fsp3) is 0.526. The van der Waals surface area contributed by atoms with Crippen LogP contribution in [0.15, 0.2) is 34.7 Å². The van der Waals surface area contributed by atoms with Crippen molar-refractivity contribution < 1.29 is 9.53 Å². The van der Waals surface area contributed by atoms with E-state index in [-0.39, 0.29) is 5.91 Å². The van der Waals surface area contributed by atoms with Crippen molar-refractivity contribution in [3.63, 3.8) is 0 Å². The number of carbonyl (C=O) groups is 1. The number of thioether (sulfide) groups is 1. The lowest BCUT2D eigenvalue weighted by Gasteiger charge is -2.34. The average molecular weight is 420 g/mol. The highest BCUT2D eigenvalue weighted by Crippen LogP contribution is 2.30. The van der Waals surface area contributed by atoms with Crippen molar-refractivity contribution >= 4 is 34.1 Å². The Morgan fingerprint density at radius 3 is 2.71 bits per heavy atom. The zero-order chi connectivity index (χ0) is 19.2. The number of nitrogens with one attached hydrogen (secondary N) is 1. The smallest absolute Gasteiger partial charge is 0.233 e. The lowest BCUT2D eigenvalue weighted by atomic mass is 10.3. The largest absolute Gasteiger partial charge is 0.492 e. The second kappa shape index (κ2) is 9.58. The number of hydrogen-bond donors (Lipinski definition) is 1. The number of benzene rings is 1. The number of carbonyl (C=O) groups excluding carboxylic acids is 1. The van der Waals surface area contributed by atoms with E-state index in [0.717, 1.165) is 47.9 Å². The topological polar surface area (TPSA) is 70.6 Å². The van der Waals surface area contributed by atoms with E-state index in [0.29, 0.717) is 18.4 Å². The third kappa shape index (κ3) is 5.83. The fourth-order valence-electron chi connectivity index (χ4n) is 2.97. The van der Waals surface area contributed by atoms with Gasteiger partial charge in [0.1, 0.15) is 12.4 Å². The minimum absolute atomic E-state index is 0.178. The predicted octanol–water partition coefficient (Wildman–Crippen LogP) is 2.43. The molecule has 0 spiro atoms. The number of ether oxygens (including phenoxy) is 1. The molecule has 0 radical (unpaired) electrons. The van der Waals surface area contributed by atoms with Gasteiger partial charge < -0.3 is 15.0 Å². The molecule has 1 saturated heterocycles. The maximum Gasteiger partial charge on any atom is 0.233 e. The van der Waals surface area contributed by atoms with E-state index in [4.69, 9.17) is 4.74 Å². The summed E-state index contributed by atoms with van der Waals surface area (Å²) >= 11 is 3.02. The average Bonchev–Trinajstić information content (AvgIpc) is 3.43. The molecule has 7 nitrogen and oxygen atoms in total. The van der Waals surface area contributed by atoms with Crippen LogP contribution in [0.2, 0.25) is 0 Å². The molecule has 2 fully saturated rings. The predicted molar refractivity (Wildman–Crippen MR) is 112 cm³/mol. The molecule has 1 N–H and O–H groups in total. The highest BCUT2D eigenvalue weighted by atomic mass is 32.2. The summed E-state index contributed by atoms with van der Waals surface area (Å²) in [7, 11) is 0. The summed E-state index contributed by atoms with van der Waals surface area (Å²) in [6.07, 6.45) is 2.43. The molecule has 150 valence electrons. The van der Waals surface area contributed by atoms with E-state index in [2.05, 4.69) is 20.4 Å². The van der Waals surface area contributed by atoms with Crippen LogP contribution < -0.4 is 10.1 Å². The molecule has 1 aliphatic heterocycles. The fourth-order valence-corrected chi connectivity index (χ4v) is 4.71. The summed E-state index contributed by atoms with van der Waals surface area (Å²) in [5.74, 6) is 1.51. The molecule has 1 amide bonds. The van der Waals surface area contributed by atoms with E-state index in [1.54, 1.807) is 0 Å². The summed E-state index contributed by atoms with van der Waals surface area (Å²) in [6.45, 7) is 4.88. The van der Waals surface area contributed by atoms with Gasteiger partial charge in [-0.1, -0.05) is 41.3 Å². The SMILES string of the molecule is O=C(CSc1nnc(NC2CC2)s1)N1CCN(CCOc2ccccc2)CC1. The zero-order valence-corrected chi connectivity index (χ0v) is 17.4. The van der Waals surface area contributed by atoms with Gasteiger partial charge in [-0.15, -0.1) is 10.2 Å². The van der Waals surface area contributed by atoms with Crippen molar-refractivity contribution in [2.45, 2.75) is 23.2 Å². The van der Waals surface area contributed by atoms with Crippen LogP contribution in [0.25, 0.3) is 0 Å². The first-order chi connectivity index (χ1) is 13.8. The minimum atomic E-state index is 0.178. The van der Waals surface area contributed by atoms with Gasteiger partial charge >= 0.3 is 0 Å². The van der Waals surface area contributed by atoms with Gasteiger partial charge in [-0.3, -0.25) is 9.69 Å². The first-order valence-corrected chi connectivity index (χ1v) is 11.5. The molecule has 0 bridgehead atoms. The molecular formula is C19H25N5O2S2. The summed E-state index contributed by atoms with van der Waals surface area (Å²) in [4.78, 5) is 16.8.